The lowest BCUT2D eigenvalue weighted by atomic mass is 10.1. The van der Waals surface area contributed by atoms with Gasteiger partial charge in [0.15, 0.2) is 0 Å². The van der Waals surface area contributed by atoms with Crippen LogP contribution in [0, 0.1) is 12.7 Å². The van der Waals surface area contributed by atoms with Crippen molar-refractivity contribution in [1.82, 2.24) is 20.0 Å². The van der Waals surface area contributed by atoms with E-state index in [1.165, 1.54) is 12.1 Å². The summed E-state index contributed by atoms with van der Waals surface area (Å²) in [5, 5.41) is 7.38. The predicted octanol–water partition coefficient (Wildman–Crippen LogP) is 2.22. The van der Waals surface area contributed by atoms with Gasteiger partial charge in [0.05, 0.1) is 31.1 Å². The zero-order chi connectivity index (χ0) is 18.5. The molecule has 6 nitrogen and oxygen atoms in total. The zero-order valence-corrected chi connectivity index (χ0v) is 15.2. The summed E-state index contributed by atoms with van der Waals surface area (Å²) in [6.45, 7) is 7.82. The number of hydrogen-bond donors (Lipinski definition) is 1. The van der Waals surface area contributed by atoms with Gasteiger partial charge in [-0.3, -0.25) is 9.69 Å². The second-order valence-corrected chi connectivity index (χ2v) is 6.57. The number of aromatic nitrogens is 2. The summed E-state index contributed by atoms with van der Waals surface area (Å²) in [5.74, 6) is -0.287. The van der Waals surface area contributed by atoms with Gasteiger partial charge in [-0.25, -0.2) is 9.07 Å². The molecule has 0 spiro atoms. The number of hydrogen-bond acceptors (Lipinski definition) is 4. The van der Waals surface area contributed by atoms with E-state index in [9.17, 15) is 9.18 Å². The molecule has 1 atom stereocenters. The Morgan fingerprint density at radius 2 is 2.15 bits per heavy atom. The minimum absolute atomic E-state index is 0.0156. The minimum atomic E-state index is -0.302. The van der Waals surface area contributed by atoms with Gasteiger partial charge >= 0.3 is 0 Å². The van der Waals surface area contributed by atoms with Crippen LogP contribution in [0.3, 0.4) is 0 Å². The second kappa shape index (κ2) is 8.42. The zero-order valence-electron chi connectivity index (χ0n) is 15.2. The highest BCUT2D eigenvalue weighted by Gasteiger charge is 2.17. The molecule has 1 saturated heterocycles. The highest BCUT2D eigenvalue weighted by atomic mass is 19.1. The standard InChI is InChI=1S/C19H25FN4O2/c1-14(22-19(25)6-7-23-8-10-26-11-9-23)18-13-21-24(15(18)2)17-5-3-4-16(20)12-17/h3-5,12-14H,6-11H2,1-2H3,(H,22,25)/t14-/m1/s1. The normalized spacial score (nSPS) is 16.4. The number of amides is 1. The smallest absolute Gasteiger partial charge is 0.221 e. The Balaban J connectivity index is 1.59. The molecule has 0 radical (unpaired) electrons. The second-order valence-electron chi connectivity index (χ2n) is 6.57. The van der Waals surface area contributed by atoms with Crippen molar-refractivity contribution in [2.75, 3.05) is 32.8 Å². The monoisotopic (exact) mass is 360 g/mol. The van der Waals surface area contributed by atoms with Crippen LogP contribution >= 0.6 is 0 Å². The summed E-state index contributed by atoms with van der Waals surface area (Å²) in [4.78, 5) is 14.5. The lowest BCUT2D eigenvalue weighted by molar-refractivity contribution is -0.122. The van der Waals surface area contributed by atoms with Gasteiger partial charge < -0.3 is 10.1 Å². The Hall–Kier alpha value is -2.25. The lowest BCUT2D eigenvalue weighted by Gasteiger charge is -2.26. The van der Waals surface area contributed by atoms with E-state index in [1.807, 2.05) is 13.8 Å². The van der Waals surface area contributed by atoms with Crippen LogP contribution in [0.4, 0.5) is 4.39 Å². The molecule has 1 N–H and O–H groups in total. The summed E-state index contributed by atoms with van der Waals surface area (Å²) in [5.41, 5.74) is 2.48. The summed E-state index contributed by atoms with van der Waals surface area (Å²) in [6, 6.07) is 6.14. The van der Waals surface area contributed by atoms with Crippen molar-refractivity contribution in [2.24, 2.45) is 0 Å². The quantitative estimate of drug-likeness (QED) is 0.858. The molecule has 1 amide bonds. The third-order valence-corrected chi connectivity index (χ3v) is 4.70. The summed E-state index contributed by atoms with van der Waals surface area (Å²) in [7, 11) is 0. The molecular weight excluding hydrogens is 335 g/mol. The average Bonchev–Trinajstić information content (AvgIpc) is 3.02. The first-order chi connectivity index (χ1) is 12.5. The molecule has 2 aromatic rings. The van der Waals surface area contributed by atoms with Gasteiger partial charge in [0.25, 0.3) is 0 Å². The van der Waals surface area contributed by atoms with Crippen molar-refractivity contribution in [3.63, 3.8) is 0 Å². The first-order valence-electron chi connectivity index (χ1n) is 8.94. The average molecular weight is 360 g/mol. The minimum Gasteiger partial charge on any atom is -0.379 e. The summed E-state index contributed by atoms with van der Waals surface area (Å²) in [6.07, 6.45) is 2.19. The van der Waals surface area contributed by atoms with Crippen molar-refractivity contribution >= 4 is 5.91 Å². The predicted molar refractivity (Wildman–Crippen MR) is 96.7 cm³/mol. The maximum absolute atomic E-state index is 13.5. The molecule has 1 fully saturated rings. The van der Waals surface area contributed by atoms with Gasteiger partial charge in [0.1, 0.15) is 5.82 Å². The number of nitrogens with one attached hydrogen (secondary N) is 1. The van der Waals surface area contributed by atoms with E-state index in [0.29, 0.717) is 12.1 Å². The highest BCUT2D eigenvalue weighted by molar-refractivity contribution is 5.76. The van der Waals surface area contributed by atoms with Gasteiger partial charge in [-0.15, -0.1) is 0 Å². The number of halogens is 1. The number of benzene rings is 1. The van der Waals surface area contributed by atoms with E-state index < -0.39 is 0 Å². The van der Waals surface area contributed by atoms with Crippen molar-refractivity contribution < 1.29 is 13.9 Å². The molecule has 3 rings (SSSR count). The van der Waals surface area contributed by atoms with E-state index >= 15 is 0 Å². The fourth-order valence-corrected chi connectivity index (χ4v) is 3.19. The third kappa shape index (κ3) is 4.47. The van der Waals surface area contributed by atoms with Gasteiger partial charge in [0, 0.05) is 37.3 Å². The van der Waals surface area contributed by atoms with Crippen LogP contribution in [0.25, 0.3) is 5.69 Å². The van der Waals surface area contributed by atoms with E-state index in [-0.39, 0.29) is 17.8 Å². The van der Waals surface area contributed by atoms with Gasteiger partial charge in [-0.05, 0) is 32.0 Å². The Bertz CT molecular complexity index is 756. The maximum atomic E-state index is 13.5. The molecule has 1 aromatic carbocycles. The van der Waals surface area contributed by atoms with Crippen LogP contribution in [-0.2, 0) is 9.53 Å². The molecule has 1 aromatic heterocycles. The van der Waals surface area contributed by atoms with Gasteiger partial charge in [-0.2, -0.15) is 5.10 Å². The number of ether oxygens (including phenoxy) is 1. The molecule has 1 aliphatic heterocycles. The fourth-order valence-electron chi connectivity index (χ4n) is 3.19. The van der Waals surface area contributed by atoms with E-state index in [0.717, 1.165) is 44.1 Å². The van der Waals surface area contributed by atoms with Gasteiger partial charge in [-0.1, -0.05) is 6.07 Å². The molecule has 7 heteroatoms. The first kappa shape index (κ1) is 18.5. The Morgan fingerprint density at radius 3 is 2.88 bits per heavy atom. The van der Waals surface area contributed by atoms with Crippen molar-refractivity contribution in [3.05, 3.63) is 47.5 Å². The molecule has 0 unspecified atom stereocenters. The lowest BCUT2D eigenvalue weighted by Crippen LogP contribution is -2.39. The molecule has 140 valence electrons. The van der Waals surface area contributed by atoms with Crippen molar-refractivity contribution in [1.29, 1.82) is 0 Å². The molecule has 0 saturated carbocycles. The van der Waals surface area contributed by atoms with Gasteiger partial charge in [0.2, 0.25) is 5.91 Å². The Morgan fingerprint density at radius 1 is 1.38 bits per heavy atom. The number of morpholine rings is 1. The summed E-state index contributed by atoms with van der Waals surface area (Å²) >= 11 is 0. The van der Waals surface area contributed by atoms with E-state index in [2.05, 4.69) is 15.3 Å². The SMILES string of the molecule is Cc1c([C@@H](C)NC(=O)CCN2CCOCC2)cnn1-c1cccc(F)c1. The largest absolute Gasteiger partial charge is 0.379 e. The highest BCUT2D eigenvalue weighted by Crippen LogP contribution is 2.20. The molecule has 2 heterocycles. The van der Waals surface area contributed by atoms with Crippen molar-refractivity contribution in [2.45, 2.75) is 26.3 Å². The van der Waals surface area contributed by atoms with E-state index in [1.54, 1.807) is 23.0 Å². The third-order valence-electron chi connectivity index (χ3n) is 4.70. The summed E-state index contributed by atoms with van der Waals surface area (Å²) < 4.78 is 20.5. The molecule has 1 aliphatic rings. The van der Waals surface area contributed by atoms with Crippen LogP contribution in [0.2, 0.25) is 0 Å². The van der Waals surface area contributed by atoms with Crippen LogP contribution in [0.15, 0.2) is 30.5 Å². The number of rotatable bonds is 6. The van der Waals surface area contributed by atoms with Crippen LogP contribution < -0.4 is 5.32 Å². The van der Waals surface area contributed by atoms with Crippen LogP contribution in [0.1, 0.15) is 30.6 Å². The number of carbonyl (C=O) groups excluding carboxylic acids is 1. The van der Waals surface area contributed by atoms with Crippen molar-refractivity contribution in [3.8, 4) is 5.69 Å². The molecule has 0 bridgehead atoms. The Labute approximate surface area is 152 Å². The molecule has 26 heavy (non-hydrogen) atoms. The topological polar surface area (TPSA) is 59.4 Å². The first-order valence-corrected chi connectivity index (χ1v) is 8.94. The molecule has 0 aliphatic carbocycles. The molecular formula is C19H25FN4O2. The maximum Gasteiger partial charge on any atom is 0.221 e. The fraction of sp³-hybridized carbons (Fsp3) is 0.474. The Kier molecular flexibility index (Phi) is 6.00. The van der Waals surface area contributed by atoms with E-state index in [4.69, 9.17) is 4.74 Å². The number of nitrogens with zero attached hydrogens (tertiary/aromatic N) is 3. The van der Waals surface area contributed by atoms with Crippen LogP contribution in [0.5, 0.6) is 0 Å². The van der Waals surface area contributed by atoms with Crippen LogP contribution in [-0.4, -0.2) is 53.4 Å². The number of carbonyl (C=O) groups is 1.